The molecule has 1 saturated heterocycles. The quantitative estimate of drug-likeness (QED) is 0.717. The maximum Gasteiger partial charge on any atom is 0.319 e. The van der Waals surface area contributed by atoms with E-state index >= 15 is 0 Å². The van der Waals surface area contributed by atoms with Gasteiger partial charge in [-0.05, 0) is 61.6 Å². The molecule has 0 unspecified atom stereocenters. The molecule has 1 heterocycles. The van der Waals surface area contributed by atoms with E-state index in [1.165, 1.54) is 16.4 Å². The molecule has 0 saturated carbocycles. The first-order valence-electron chi connectivity index (χ1n) is 9.51. The Bertz CT molecular complexity index is 992. The lowest BCUT2D eigenvalue weighted by atomic mass is 9.95. The highest BCUT2D eigenvalue weighted by Crippen LogP contribution is 2.25. The van der Waals surface area contributed by atoms with Gasteiger partial charge < -0.3 is 10.6 Å². The summed E-state index contributed by atoms with van der Waals surface area (Å²) in [6, 6.07) is 6.88. The molecule has 2 amide bonds. The van der Waals surface area contributed by atoms with Gasteiger partial charge in [-0.25, -0.2) is 26.4 Å². The molecule has 3 rings (SSSR count). The lowest BCUT2D eigenvalue weighted by Crippen LogP contribution is -2.39. The van der Waals surface area contributed by atoms with Crippen molar-refractivity contribution in [3.05, 3.63) is 59.9 Å². The number of sulfonamides is 1. The highest BCUT2D eigenvalue weighted by atomic mass is 32.2. The van der Waals surface area contributed by atoms with Crippen molar-refractivity contribution in [2.24, 2.45) is 5.92 Å². The van der Waals surface area contributed by atoms with Gasteiger partial charge in [-0.1, -0.05) is 0 Å². The molecule has 0 radical (unpaired) electrons. The molecule has 30 heavy (non-hydrogen) atoms. The van der Waals surface area contributed by atoms with Crippen LogP contribution in [-0.2, 0) is 10.0 Å². The Morgan fingerprint density at radius 1 is 1.00 bits per heavy atom. The number of hydrogen-bond acceptors (Lipinski definition) is 3. The number of benzene rings is 2. The summed E-state index contributed by atoms with van der Waals surface area (Å²) in [5.74, 6) is -1.67. The largest absolute Gasteiger partial charge is 0.338 e. The molecule has 1 fully saturated rings. The van der Waals surface area contributed by atoms with Crippen LogP contribution in [0.5, 0.6) is 0 Å². The second-order valence-electron chi connectivity index (χ2n) is 7.10. The van der Waals surface area contributed by atoms with Crippen LogP contribution in [0.3, 0.4) is 0 Å². The van der Waals surface area contributed by atoms with Crippen LogP contribution in [0.25, 0.3) is 0 Å². The van der Waals surface area contributed by atoms with E-state index in [1.807, 2.05) is 0 Å². The predicted octanol–water partition coefficient (Wildman–Crippen LogP) is 3.72. The van der Waals surface area contributed by atoms with Gasteiger partial charge in [-0.2, -0.15) is 4.31 Å². The Labute approximate surface area is 173 Å². The Balaban J connectivity index is 1.43. The van der Waals surface area contributed by atoms with Crippen LogP contribution in [0, 0.1) is 23.4 Å². The maximum atomic E-state index is 13.5. The summed E-state index contributed by atoms with van der Waals surface area (Å²) in [7, 11) is -3.66. The van der Waals surface area contributed by atoms with Crippen LogP contribution < -0.4 is 10.6 Å². The average molecular weight is 441 g/mol. The van der Waals surface area contributed by atoms with Gasteiger partial charge in [0.2, 0.25) is 10.0 Å². The van der Waals surface area contributed by atoms with E-state index in [1.54, 1.807) is 0 Å². The van der Waals surface area contributed by atoms with Crippen molar-refractivity contribution in [3.63, 3.8) is 0 Å². The standard InChI is InChI=1S/C20H22F3N3O3S/c21-15-1-4-17(5-2-15)30(28,29)26-11-8-14(9-12-26)7-10-24-20(27)25-19-13-16(22)3-6-18(19)23/h1-6,13-14H,7-12H2,(H2,24,25,27). The molecular formula is C20H22F3N3O3S. The van der Waals surface area contributed by atoms with Crippen LogP contribution in [0.2, 0.25) is 0 Å². The molecule has 0 aromatic heterocycles. The van der Waals surface area contributed by atoms with E-state index in [-0.39, 0.29) is 16.5 Å². The zero-order valence-corrected chi connectivity index (χ0v) is 16.9. The van der Waals surface area contributed by atoms with Crippen molar-refractivity contribution >= 4 is 21.7 Å². The van der Waals surface area contributed by atoms with Crippen LogP contribution in [-0.4, -0.2) is 38.4 Å². The Morgan fingerprint density at radius 3 is 2.30 bits per heavy atom. The molecule has 2 aromatic rings. The molecule has 0 atom stereocenters. The number of halogens is 3. The van der Waals surface area contributed by atoms with Gasteiger partial charge >= 0.3 is 6.03 Å². The summed E-state index contributed by atoms with van der Waals surface area (Å²) in [5.41, 5.74) is -0.244. The first-order chi connectivity index (χ1) is 14.3. The molecule has 162 valence electrons. The fourth-order valence-electron chi connectivity index (χ4n) is 3.34. The predicted molar refractivity (Wildman–Crippen MR) is 106 cm³/mol. The lowest BCUT2D eigenvalue weighted by Gasteiger charge is -2.31. The number of urea groups is 1. The van der Waals surface area contributed by atoms with Gasteiger partial charge in [0.25, 0.3) is 0 Å². The van der Waals surface area contributed by atoms with E-state index in [0.717, 1.165) is 30.3 Å². The topological polar surface area (TPSA) is 78.5 Å². The van der Waals surface area contributed by atoms with E-state index in [0.29, 0.717) is 38.9 Å². The summed E-state index contributed by atoms with van der Waals surface area (Å²) in [6.45, 7) is 0.994. The molecular weight excluding hydrogens is 419 g/mol. The molecule has 6 nitrogen and oxygen atoms in total. The number of nitrogens with one attached hydrogen (secondary N) is 2. The highest BCUT2D eigenvalue weighted by Gasteiger charge is 2.29. The molecule has 0 aliphatic carbocycles. The Hall–Kier alpha value is -2.59. The van der Waals surface area contributed by atoms with Crippen LogP contribution in [0.4, 0.5) is 23.7 Å². The van der Waals surface area contributed by atoms with Crippen LogP contribution in [0.1, 0.15) is 19.3 Å². The second-order valence-corrected chi connectivity index (χ2v) is 9.03. The van der Waals surface area contributed by atoms with Crippen molar-refractivity contribution in [2.45, 2.75) is 24.2 Å². The number of amides is 2. The lowest BCUT2D eigenvalue weighted by molar-refractivity contribution is 0.245. The molecule has 0 bridgehead atoms. The van der Waals surface area contributed by atoms with Gasteiger partial charge in [-0.15, -0.1) is 0 Å². The summed E-state index contributed by atoms with van der Waals surface area (Å²) in [4.78, 5) is 11.9. The van der Waals surface area contributed by atoms with Gasteiger partial charge in [0.1, 0.15) is 17.5 Å². The Morgan fingerprint density at radius 2 is 1.63 bits per heavy atom. The smallest absolute Gasteiger partial charge is 0.319 e. The molecule has 0 spiro atoms. The zero-order valence-electron chi connectivity index (χ0n) is 16.1. The van der Waals surface area contributed by atoms with Crippen molar-refractivity contribution in [1.82, 2.24) is 9.62 Å². The maximum absolute atomic E-state index is 13.5. The molecule has 1 aliphatic heterocycles. The molecule has 10 heteroatoms. The normalized spacial score (nSPS) is 15.7. The minimum atomic E-state index is -3.66. The van der Waals surface area contributed by atoms with E-state index in [9.17, 15) is 26.4 Å². The van der Waals surface area contributed by atoms with E-state index in [4.69, 9.17) is 0 Å². The zero-order chi connectivity index (χ0) is 21.7. The van der Waals surface area contributed by atoms with Gasteiger partial charge in [-0.3, -0.25) is 0 Å². The van der Waals surface area contributed by atoms with Gasteiger partial charge in [0, 0.05) is 25.7 Å². The van der Waals surface area contributed by atoms with Crippen LogP contribution >= 0.6 is 0 Å². The number of anilines is 1. The van der Waals surface area contributed by atoms with Crippen molar-refractivity contribution in [3.8, 4) is 0 Å². The molecule has 2 N–H and O–H groups in total. The number of rotatable bonds is 6. The number of carbonyl (C=O) groups excluding carboxylic acids is 1. The minimum Gasteiger partial charge on any atom is -0.338 e. The SMILES string of the molecule is O=C(NCCC1CCN(S(=O)(=O)c2ccc(F)cc2)CC1)Nc1cc(F)ccc1F. The van der Waals surface area contributed by atoms with E-state index < -0.39 is 33.5 Å². The third-order valence-electron chi connectivity index (χ3n) is 5.04. The summed E-state index contributed by atoms with van der Waals surface area (Å²) >= 11 is 0. The Kier molecular flexibility index (Phi) is 6.99. The molecule has 2 aromatic carbocycles. The number of carbonyl (C=O) groups is 1. The number of piperidine rings is 1. The number of nitrogens with zero attached hydrogens (tertiary/aromatic N) is 1. The average Bonchev–Trinajstić information content (AvgIpc) is 2.71. The van der Waals surface area contributed by atoms with Gasteiger partial charge in [0.05, 0.1) is 10.6 Å². The summed E-state index contributed by atoms with van der Waals surface area (Å²) in [6.07, 6.45) is 1.88. The van der Waals surface area contributed by atoms with Crippen molar-refractivity contribution < 1.29 is 26.4 Å². The van der Waals surface area contributed by atoms with Gasteiger partial charge in [0.15, 0.2) is 0 Å². The highest BCUT2D eigenvalue weighted by molar-refractivity contribution is 7.89. The van der Waals surface area contributed by atoms with E-state index in [2.05, 4.69) is 10.6 Å². The fourth-order valence-corrected chi connectivity index (χ4v) is 4.81. The first-order valence-corrected chi connectivity index (χ1v) is 11.0. The van der Waals surface area contributed by atoms with Crippen molar-refractivity contribution in [1.29, 1.82) is 0 Å². The number of hydrogen-bond donors (Lipinski definition) is 2. The summed E-state index contributed by atoms with van der Waals surface area (Å²) < 4.78 is 66.3. The third kappa shape index (κ3) is 5.51. The third-order valence-corrected chi connectivity index (χ3v) is 6.95. The second kappa shape index (κ2) is 9.48. The monoisotopic (exact) mass is 441 g/mol. The fraction of sp³-hybridized carbons (Fsp3) is 0.350. The minimum absolute atomic E-state index is 0.0604. The van der Waals surface area contributed by atoms with Crippen LogP contribution in [0.15, 0.2) is 47.4 Å². The summed E-state index contributed by atoms with van der Waals surface area (Å²) in [5, 5.41) is 4.85. The molecule has 1 aliphatic rings. The van der Waals surface area contributed by atoms with Crippen molar-refractivity contribution in [2.75, 3.05) is 25.0 Å². The first kappa shape index (κ1) is 22.1.